The number of rotatable bonds is 10. The zero-order valence-electron chi connectivity index (χ0n) is 18.2. The molecule has 0 aromatic heterocycles. The van der Waals surface area contributed by atoms with Crippen LogP contribution in [-0.2, 0) is 14.4 Å². The van der Waals surface area contributed by atoms with Crippen LogP contribution in [0.25, 0.3) is 0 Å². The van der Waals surface area contributed by atoms with Gasteiger partial charge in [0.15, 0.2) is 0 Å². The van der Waals surface area contributed by atoms with Crippen molar-refractivity contribution in [2.75, 3.05) is 85.1 Å². The first kappa shape index (κ1) is 27.0. The van der Waals surface area contributed by atoms with E-state index in [0.717, 1.165) is 44.4 Å². The maximum absolute atomic E-state index is 12.3. The number of nitrogens with one attached hydrogen (secondary N) is 1. The van der Waals surface area contributed by atoms with Gasteiger partial charge in [-0.1, -0.05) is 6.92 Å². The van der Waals surface area contributed by atoms with Crippen LogP contribution in [0.4, 0.5) is 0 Å². The van der Waals surface area contributed by atoms with Crippen LogP contribution in [0, 0.1) is 0 Å². The second-order valence-corrected chi connectivity index (χ2v) is 8.42. The van der Waals surface area contributed by atoms with E-state index in [9.17, 15) is 19.5 Å². The molecule has 174 valence electrons. The lowest BCUT2D eigenvalue weighted by Crippen LogP contribution is -2.47. The molecule has 1 rings (SSSR count). The smallest absolute Gasteiger partial charge is 0.317 e. The fourth-order valence-corrected chi connectivity index (χ4v) is 3.76. The summed E-state index contributed by atoms with van der Waals surface area (Å²) < 4.78 is 2.91. The molecule has 0 aliphatic carbocycles. The van der Waals surface area contributed by atoms with E-state index in [4.69, 9.17) is 5.11 Å². The summed E-state index contributed by atoms with van der Waals surface area (Å²) in [6.45, 7) is 10.6. The monoisotopic (exact) mass is 447 g/mol. The minimum absolute atomic E-state index is 0.0269. The number of aliphatic hydroxyl groups is 1. The summed E-state index contributed by atoms with van der Waals surface area (Å²) in [5.41, 5.74) is 0. The molecule has 11 heteroatoms. The van der Waals surface area contributed by atoms with Crippen LogP contribution in [0.3, 0.4) is 0 Å². The molecule has 0 aromatic rings. The van der Waals surface area contributed by atoms with Crippen molar-refractivity contribution in [2.24, 2.45) is 0 Å². The van der Waals surface area contributed by atoms with E-state index >= 15 is 0 Å². The number of hydrogen-bond acceptors (Lipinski definition) is 10. The third kappa shape index (κ3) is 11.9. The average Bonchev–Trinajstić information content (AvgIpc) is 2.71. The molecule has 0 amide bonds. The fraction of sp³-hybridized carbons (Fsp3) is 0.842. The summed E-state index contributed by atoms with van der Waals surface area (Å²) in [5, 5.41) is 18.2. The molecule has 1 fully saturated rings. The Kier molecular flexibility index (Phi) is 14.1. The highest BCUT2D eigenvalue weighted by molar-refractivity contribution is 8.12. The Morgan fingerprint density at radius 3 is 1.93 bits per heavy atom. The lowest BCUT2D eigenvalue weighted by Gasteiger charge is -2.32. The summed E-state index contributed by atoms with van der Waals surface area (Å²) in [4.78, 5) is 42.9. The Hall–Kier alpha value is -1.08. The molecule has 1 atom stereocenters. The predicted molar refractivity (Wildman–Crippen MR) is 117 cm³/mol. The molecule has 0 radical (unpaired) electrons. The molecule has 0 aromatic carbocycles. The number of aldehydes is 1. The number of aliphatic hydroxyl groups excluding tert-OH is 1. The quantitative estimate of drug-likeness (QED) is 0.273. The number of likely N-dealkylation sites (N-methyl/N-ethyl adjacent to an activating group) is 1. The van der Waals surface area contributed by atoms with Crippen LogP contribution >= 0.6 is 11.9 Å². The zero-order chi connectivity index (χ0) is 22.4. The second kappa shape index (κ2) is 15.7. The zero-order valence-corrected chi connectivity index (χ0v) is 19.0. The van der Waals surface area contributed by atoms with Gasteiger partial charge >= 0.3 is 5.97 Å². The van der Waals surface area contributed by atoms with E-state index in [-0.39, 0.29) is 30.9 Å². The number of carboxylic acid groups (broad SMARTS) is 1. The van der Waals surface area contributed by atoms with E-state index in [2.05, 4.69) is 21.4 Å². The average molecular weight is 448 g/mol. The summed E-state index contributed by atoms with van der Waals surface area (Å²) in [6, 6.07) is -0.180. The van der Waals surface area contributed by atoms with Gasteiger partial charge in [-0.2, -0.15) is 0 Å². The molecule has 30 heavy (non-hydrogen) atoms. The third-order valence-electron chi connectivity index (χ3n) is 5.07. The normalized spacial score (nSPS) is 20.2. The summed E-state index contributed by atoms with van der Waals surface area (Å²) in [5.74, 6) is -0.859. The first-order valence-corrected chi connectivity index (χ1v) is 11.3. The maximum Gasteiger partial charge on any atom is 0.317 e. The number of nitrogens with zero attached hydrogens (tertiary/aromatic N) is 4. The molecule has 1 saturated heterocycles. The molecular weight excluding hydrogens is 410 g/mol. The summed E-state index contributed by atoms with van der Waals surface area (Å²) in [7, 11) is 0. The van der Waals surface area contributed by atoms with E-state index in [1.54, 1.807) is 6.92 Å². The molecule has 10 nitrogen and oxygen atoms in total. The van der Waals surface area contributed by atoms with Gasteiger partial charge in [-0.3, -0.25) is 29.0 Å². The molecule has 0 bridgehead atoms. The van der Waals surface area contributed by atoms with Crippen LogP contribution in [0.1, 0.15) is 13.8 Å². The minimum atomic E-state index is -0.859. The van der Waals surface area contributed by atoms with Crippen molar-refractivity contribution in [2.45, 2.75) is 19.9 Å². The Labute approximate surface area is 183 Å². The van der Waals surface area contributed by atoms with Gasteiger partial charge in [-0.05, 0) is 25.4 Å². The topological polar surface area (TPSA) is 117 Å². The number of carbonyl (C=O) groups is 3. The largest absolute Gasteiger partial charge is 0.480 e. The van der Waals surface area contributed by atoms with Gasteiger partial charge in [0.2, 0.25) is 5.12 Å². The molecular formula is C19H37N5O5S. The second-order valence-electron chi connectivity index (χ2n) is 7.52. The summed E-state index contributed by atoms with van der Waals surface area (Å²) >= 11 is 0.983. The van der Waals surface area contributed by atoms with Crippen LogP contribution in [0.5, 0.6) is 0 Å². The van der Waals surface area contributed by atoms with Crippen LogP contribution < -0.4 is 4.72 Å². The third-order valence-corrected chi connectivity index (χ3v) is 5.95. The van der Waals surface area contributed by atoms with Crippen LogP contribution in [0.2, 0.25) is 0 Å². The van der Waals surface area contributed by atoms with Crippen molar-refractivity contribution in [3.8, 4) is 0 Å². The van der Waals surface area contributed by atoms with E-state index < -0.39 is 5.97 Å². The van der Waals surface area contributed by atoms with Gasteiger partial charge in [-0.25, -0.2) is 0 Å². The van der Waals surface area contributed by atoms with Gasteiger partial charge in [0, 0.05) is 58.4 Å². The number of aliphatic carboxylic acids is 1. The van der Waals surface area contributed by atoms with E-state index in [1.807, 2.05) is 9.80 Å². The first-order chi connectivity index (χ1) is 14.4. The molecule has 1 unspecified atom stereocenters. The van der Waals surface area contributed by atoms with Crippen molar-refractivity contribution in [3.63, 3.8) is 0 Å². The van der Waals surface area contributed by atoms with Gasteiger partial charge in [0.1, 0.15) is 6.29 Å². The minimum Gasteiger partial charge on any atom is -0.480 e. The first-order valence-electron chi connectivity index (χ1n) is 10.5. The SMILES string of the molecule is CCN1CCN(CC=O)CCN(CC(=O)SNC(C)CO)CCN(CC(=O)O)CC1. The maximum atomic E-state index is 12.3. The van der Waals surface area contributed by atoms with Crippen molar-refractivity contribution >= 4 is 29.3 Å². The highest BCUT2D eigenvalue weighted by Gasteiger charge is 2.19. The van der Waals surface area contributed by atoms with E-state index in [1.165, 1.54) is 0 Å². The Morgan fingerprint density at radius 2 is 1.47 bits per heavy atom. The Morgan fingerprint density at radius 1 is 0.967 bits per heavy atom. The van der Waals surface area contributed by atoms with Crippen molar-refractivity contribution in [1.82, 2.24) is 24.3 Å². The number of carbonyl (C=O) groups excluding carboxylic acids is 2. The van der Waals surface area contributed by atoms with E-state index in [0.29, 0.717) is 39.3 Å². The van der Waals surface area contributed by atoms with Crippen molar-refractivity contribution in [3.05, 3.63) is 0 Å². The van der Waals surface area contributed by atoms with Crippen LogP contribution in [-0.4, -0.2) is 138 Å². The van der Waals surface area contributed by atoms with Crippen LogP contribution in [0.15, 0.2) is 0 Å². The summed E-state index contributed by atoms with van der Waals surface area (Å²) in [6.07, 6.45) is 0.905. The van der Waals surface area contributed by atoms with Gasteiger partial charge in [-0.15, -0.1) is 0 Å². The number of hydrogen-bond donors (Lipinski definition) is 3. The fourth-order valence-electron chi connectivity index (χ4n) is 3.11. The lowest BCUT2D eigenvalue weighted by atomic mass is 10.3. The van der Waals surface area contributed by atoms with Gasteiger partial charge in [0.05, 0.1) is 26.2 Å². The Balaban J connectivity index is 2.78. The molecule has 3 N–H and O–H groups in total. The highest BCUT2D eigenvalue weighted by Crippen LogP contribution is 2.04. The molecule has 0 saturated carbocycles. The van der Waals surface area contributed by atoms with Gasteiger partial charge < -0.3 is 19.9 Å². The molecule has 1 aliphatic rings. The van der Waals surface area contributed by atoms with Crippen molar-refractivity contribution < 1.29 is 24.6 Å². The van der Waals surface area contributed by atoms with Gasteiger partial charge in [0.25, 0.3) is 0 Å². The standard InChI is InChI=1S/C19H37N5O5S/c1-3-21-4-6-22(12-13-25)7-9-24(15-19(29)30-20-17(2)16-26)11-10-23(8-5-21)14-18(27)28/h13,17,20,26H,3-12,14-16H2,1-2H3,(H,27,28). The number of carboxylic acids is 1. The molecule has 1 aliphatic heterocycles. The van der Waals surface area contributed by atoms with Crippen molar-refractivity contribution in [1.29, 1.82) is 0 Å². The predicted octanol–water partition coefficient (Wildman–Crippen LogP) is -1.34. The molecule has 1 heterocycles. The Bertz CT molecular complexity index is 528. The lowest BCUT2D eigenvalue weighted by molar-refractivity contribution is -0.138. The highest BCUT2D eigenvalue weighted by atomic mass is 32.2. The molecule has 0 spiro atoms.